The third kappa shape index (κ3) is 11.6. The summed E-state index contributed by atoms with van der Waals surface area (Å²) in [4.78, 5) is 12.5. The van der Waals surface area contributed by atoms with Gasteiger partial charge in [0.1, 0.15) is 6.10 Å². The molecule has 292 valence electrons. The van der Waals surface area contributed by atoms with E-state index in [9.17, 15) is 20.1 Å². The van der Waals surface area contributed by atoms with E-state index in [0.29, 0.717) is 13.0 Å². The molecule has 0 saturated carbocycles. The normalized spacial score (nSPS) is 27.4. The average molecular weight is 753 g/mol. The smallest absolute Gasteiger partial charge is 0.308 e. The van der Waals surface area contributed by atoms with Crippen LogP contribution in [0.2, 0.25) is 54.4 Å². The second-order valence-corrected chi connectivity index (χ2v) is 33.3. The lowest BCUT2D eigenvalue weighted by molar-refractivity contribution is -0.358. The molecular weight excluding hydrogens is 677 g/mol. The third-order valence-corrected chi connectivity index (χ3v) is 25.8. The number of aliphatic hydroxyl groups excluding tert-OH is 2. The minimum absolute atomic E-state index is 0.0274. The van der Waals surface area contributed by atoms with E-state index in [0.717, 1.165) is 0 Å². The molecule has 1 saturated heterocycles. The van der Waals surface area contributed by atoms with Gasteiger partial charge in [0.15, 0.2) is 30.7 Å². The first-order valence-electron chi connectivity index (χ1n) is 18.1. The first-order valence-corrected chi connectivity index (χ1v) is 26.9. The van der Waals surface area contributed by atoms with Gasteiger partial charge in [0, 0.05) is 32.0 Å². The van der Waals surface area contributed by atoms with Crippen molar-refractivity contribution < 1.29 is 47.6 Å². The van der Waals surface area contributed by atoms with Crippen LogP contribution in [-0.4, -0.2) is 109 Å². The Morgan fingerprint density at radius 3 is 1.73 bits per heavy atom. The summed E-state index contributed by atoms with van der Waals surface area (Å²) >= 11 is 0. The summed E-state index contributed by atoms with van der Waals surface area (Å²) < 4.78 is 37.5. The molecule has 0 amide bonds. The van der Waals surface area contributed by atoms with E-state index < -0.39 is 79.3 Å². The minimum atomic E-state index is -2.37. The molecule has 0 aromatic carbocycles. The summed E-state index contributed by atoms with van der Waals surface area (Å²) in [5.74, 6) is -3.77. The lowest BCUT2D eigenvalue weighted by atomic mass is 9.76. The van der Waals surface area contributed by atoms with Gasteiger partial charge in [0.25, 0.3) is 0 Å². The van der Waals surface area contributed by atoms with Gasteiger partial charge in [-0.3, -0.25) is 4.79 Å². The van der Waals surface area contributed by atoms with Crippen LogP contribution in [0.5, 0.6) is 0 Å². The van der Waals surface area contributed by atoms with E-state index in [1.807, 2.05) is 6.92 Å². The fourth-order valence-electron chi connectivity index (χ4n) is 5.47. The molecule has 1 rings (SSSR count). The number of carbonyl (C=O) groups is 1. The van der Waals surface area contributed by atoms with Crippen molar-refractivity contribution in [3.05, 3.63) is 0 Å². The van der Waals surface area contributed by atoms with Gasteiger partial charge in [-0.05, 0) is 60.8 Å². The molecular formula is C36H76O10Si3. The van der Waals surface area contributed by atoms with E-state index >= 15 is 0 Å². The number of rotatable bonds is 16. The molecule has 13 heteroatoms. The van der Waals surface area contributed by atoms with E-state index in [2.05, 4.69) is 102 Å². The molecule has 1 heterocycles. The van der Waals surface area contributed by atoms with Gasteiger partial charge in [0.05, 0.1) is 44.1 Å². The Labute approximate surface area is 302 Å². The largest absolute Gasteiger partial charge is 0.469 e. The maximum Gasteiger partial charge on any atom is 0.308 e. The number of aliphatic hydroxyl groups is 3. The number of ether oxygens (including phenoxy) is 3. The van der Waals surface area contributed by atoms with Crippen molar-refractivity contribution in [1.29, 1.82) is 0 Å². The highest BCUT2D eigenvalue weighted by Gasteiger charge is 2.58. The number of esters is 1. The number of hydrogen-bond acceptors (Lipinski definition) is 10. The molecule has 0 unspecified atom stereocenters. The van der Waals surface area contributed by atoms with Crippen molar-refractivity contribution >= 4 is 30.9 Å². The van der Waals surface area contributed by atoms with Crippen LogP contribution >= 0.6 is 0 Å². The molecule has 9 atom stereocenters. The van der Waals surface area contributed by atoms with Gasteiger partial charge >= 0.3 is 5.97 Å². The van der Waals surface area contributed by atoms with Crippen LogP contribution in [0.3, 0.4) is 0 Å². The second-order valence-electron chi connectivity index (χ2n) is 19.0. The molecule has 1 fully saturated rings. The topological polar surface area (TPSA) is 133 Å². The highest BCUT2D eigenvalue weighted by molar-refractivity contribution is 6.75. The zero-order valence-electron chi connectivity index (χ0n) is 34.6. The van der Waals surface area contributed by atoms with E-state index in [1.165, 1.54) is 7.11 Å². The Morgan fingerprint density at radius 2 is 1.31 bits per heavy atom. The zero-order valence-corrected chi connectivity index (χ0v) is 37.6. The number of hydrogen-bond donors (Lipinski definition) is 3. The van der Waals surface area contributed by atoms with Crippen LogP contribution in [0.4, 0.5) is 0 Å². The zero-order chi connectivity index (χ0) is 38.8. The fourth-order valence-corrected chi connectivity index (χ4v) is 9.36. The van der Waals surface area contributed by atoms with Crippen molar-refractivity contribution in [3.8, 4) is 0 Å². The van der Waals surface area contributed by atoms with Gasteiger partial charge in [-0.25, -0.2) is 0 Å². The van der Waals surface area contributed by atoms with Gasteiger partial charge in [-0.2, -0.15) is 0 Å². The molecule has 0 spiro atoms. The number of methoxy groups -OCH3 is 2. The van der Waals surface area contributed by atoms with Crippen molar-refractivity contribution in [2.75, 3.05) is 20.8 Å². The Balaban J connectivity index is 3.48. The van der Waals surface area contributed by atoms with Gasteiger partial charge in [-0.1, -0.05) is 76.2 Å². The van der Waals surface area contributed by atoms with Crippen LogP contribution in [0.25, 0.3) is 0 Å². The molecule has 0 radical (unpaired) electrons. The quantitative estimate of drug-likeness (QED) is 0.110. The average Bonchev–Trinajstić information content (AvgIpc) is 2.93. The van der Waals surface area contributed by atoms with E-state index in [-0.39, 0.29) is 33.9 Å². The van der Waals surface area contributed by atoms with E-state index in [1.54, 1.807) is 14.0 Å². The van der Waals surface area contributed by atoms with Gasteiger partial charge < -0.3 is 42.8 Å². The summed E-state index contributed by atoms with van der Waals surface area (Å²) in [7, 11) is -3.82. The van der Waals surface area contributed by atoms with Crippen LogP contribution < -0.4 is 0 Å². The van der Waals surface area contributed by atoms with Crippen molar-refractivity contribution in [2.45, 2.75) is 192 Å². The van der Waals surface area contributed by atoms with Gasteiger partial charge in [0.2, 0.25) is 0 Å². The van der Waals surface area contributed by atoms with Crippen molar-refractivity contribution in [1.82, 2.24) is 0 Å². The summed E-state index contributed by atoms with van der Waals surface area (Å²) in [5, 5.41) is 35.6. The molecule has 49 heavy (non-hydrogen) atoms. The highest BCUT2D eigenvalue weighted by atomic mass is 28.4. The second kappa shape index (κ2) is 16.9. The van der Waals surface area contributed by atoms with Crippen molar-refractivity contribution in [3.63, 3.8) is 0 Å². The first-order chi connectivity index (χ1) is 21.8. The van der Waals surface area contributed by atoms with Crippen LogP contribution in [0, 0.1) is 11.8 Å². The molecule has 0 aromatic rings. The van der Waals surface area contributed by atoms with Crippen molar-refractivity contribution in [2.24, 2.45) is 11.8 Å². The summed E-state index contributed by atoms with van der Waals surface area (Å²) in [6, 6.07) is 0. The SMILES string of the molecule is COC(=O)C[C@H]1O[C@@](O)([C@@H](O)[C@@H](O)C[C@H](OC)[C@H](CCO[Si](C)(C)C(C)(C)C)O[Si](C)(C)C(C)(C)C)[C@H](C)[C@@H](O[Si](C)(C)C(C)(C)C)[C@H]1C. The molecule has 0 aliphatic carbocycles. The lowest BCUT2D eigenvalue weighted by Crippen LogP contribution is -2.67. The first kappa shape index (κ1) is 46.8. The predicted octanol–water partition coefficient (Wildman–Crippen LogP) is 7.23. The molecule has 0 bridgehead atoms. The summed E-state index contributed by atoms with van der Waals surface area (Å²) in [6.45, 7) is 36.8. The Kier molecular flexibility index (Phi) is 16.1. The molecule has 3 N–H and O–H groups in total. The maximum absolute atomic E-state index is 12.5. The Morgan fingerprint density at radius 1 is 0.816 bits per heavy atom. The van der Waals surface area contributed by atoms with Crippen LogP contribution in [0.1, 0.15) is 95.4 Å². The molecule has 10 nitrogen and oxygen atoms in total. The monoisotopic (exact) mass is 752 g/mol. The van der Waals surface area contributed by atoms with Crippen LogP contribution in [0.15, 0.2) is 0 Å². The third-order valence-electron chi connectivity index (χ3n) is 12.3. The molecule has 1 aliphatic heterocycles. The summed E-state index contributed by atoms with van der Waals surface area (Å²) in [5.41, 5.74) is 0. The molecule has 1 aliphatic rings. The Hall–Kier alpha value is -0.199. The van der Waals surface area contributed by atoms with Crippen LogP contribution in [-0.2, 0) is 32.3 Å². The summed E-state index contributed by atoms with van der Waals surface area (Å²) in [6.07, 6.45) is -5.24. The fraction of sp³-hybridized carbons (Fsp3) is 0.972. The highest BCUT2D eigenvalue weighted by Crippen LogP contribution is 2.47. The molecule has 0 aromatic heterocycles. The Bertz CT molecular complexity index is 1050. The van der Waals surface area contributed by atoms with E-state index in [4.69, 9.17) is 27.5 Å². The minimum Gasteiger partial charge on any atom is -0.469 e. The number of carbonyl (C=O) groups excluding carboxylic acids is 1. The van der Waals surface area contributed by atoms with Gasteiger partial charge in [-0.15, -0.1) is 0 Å². The predicted molar refractivity (Wildman–Crippen MR) is 204 cm³/mol. The lowest BCUT2D eigenvalue weighted by Gasteiger charge is -2.54. The maximum atomic E-state index is 12.5. The standard InChI is InChI=1S/C36H76O10Si3/c1-24-28(23-30(38)42-13)44-36(40,25(2)31(24)46-49(18,19)35(9,10)11)32(39)26(37)22-29(41-12)27(45-48(16,17)34(6,7)8)20-21-43-47(14,15)33(3,4)5/h24-29,31-32,37,39-40H,20-23H2,1-19H3/t24-,25+,26-,27-,28+,29-,31-,32-,36+/m0/s1.